The summed E-state index contributed by atoms with van der Waals surface area (Å²) in [4.78, 5) is 42.6. The largest absolute Gasteiger partial charge is 0.507 e. The molecule has 322 valence electrons. The van der Waals surface area contributed by atoms with Crippen LogP contribution in [-0.2, 0) is 23.8 Å². The smallest absolute Gasteiger partial charge is 0.312 e. The van der Waals surface area contributed by atoms with Crippen LogP contribution in [-0.4, -0.2) is 130 Å². The first-order valence-corrected chi connectivity index (χ1v) is 19.8. The van der Waals surface area contributed by atoms with Crippen molar-refractivity contribution in [1.82, 2.24) is 9.91 Å². The fraction of sp³-hybridized carbons (Fsp3) is 0.535. The molecule has 6 N–H and O–H groups in total. The van der Waals surface area contributed by atoms with E-state index in [1.807, 2.05) is 7.05 Å². The summed E-state index contributed by atoms with van der Waals surface area (Å²) in [5.41, 5.74) is -0.350. The van der Waals surface area contributed by atoms with Gasteiger partial charge in [-0.1, -0.05) is 45.9 Å². The van der Waals surface area contributed by atoms with E-state index >= 15 is 0 Å². The third-order valence-electron chi connectivity index (χ3n) is 11.9. The molecule has 0 aliphatic carbocycles. The van der Waals surface area contributed by atoms with Crippen LogP contribution in [0.3, 0.4) is 0 Å². The molecular formula is C43H58N4O12. The van der Waals surface area contributed by atoms with E-state index in [1.165, 1.54) is 59.4 Å². The number of nitrogens with zero attached hydrogens (tertiary/aromatic N) is 3. The number of carbonyl (C=O) groups is 3. The third kappa shape index (κ3) is 8.91. The highest BCUT2D eigenvalue weighted by molar-refractivity contribution is 6.23. The highest BCUT2D eigenvalue weighted by atomic mass is 16.7. The first kappa shape index (κ1) is 44.9. The fourth-order valence-corrected chi connectivity index (χ4v) is 7.92. The van der Waals surface area contributed by atoms with Crippen molar-refractivity contribution < 1.29 is 58.9 Å². The Morgan fingerprint density at radius 2 is 1.61 bits per heavy atom. The highest BCUT2D eigenvalue weighted by Crippen LogP contribution is 2.55. The van der Waals surface area contributed by atoms with E-state index in [-0.39, 0.29) is 44.5 Å². The molecule has 16 nitrogen and oxygen atoms in total. The number of piperazine rings is 1. The van der Waals surface area contributed by atoms with Crippen molar-refractivity contribution in [2.75, 3.05) is 45.7 Å². The number of hydrazone groups is 1. The van der Waals surface area contributed by atoms with Crippen molar-refractivity contribution in [1.29, 1.82) is 0 Å². The molecule has 59 heavy (non-hydrogen) atoms. The monoisotopic (exact) mass is 822 g/mol. The number of ether oxygens (including phenoxy) is 4. The van der Waals surface area contributed by atoms with Crippen LogP contribution in [0.15, 0.2) is 41.2 Å². The number of aliphatic hydroxyl groups excluding tert-OH is 2. The molecule has 9 atom stereocenters. The van der Waals surface area contributed by atoms with Gasteiger partial charge in [0.2, 0.25) is 0 Å². The maximum absolute atomic E-state index is 14.4. The van der Waals surface area contributed by atoms with Gasteiger partial charge in [0.15, 0.2) is 5.75 Å². The van der Waals surface area contributed by atoms with Crippen molar-refractivity contribution in [2.45, 2.75) is 85.6 Å². The number of Topliss-reactive ketones (excluding diaryl/α,β-unsaturated/α-hetero) is 1. The van der Waals surface area contributed by atoms with Crippen LogP contribution in [0.1, 0.15) is 70.0 Å². The molecule has 16 heteroatoms. The van der Waals surface area contributed by atoms with Crippen molar-refractivity contribution in [3.8, 4) is 23.0 Å². The molecule has 4 aliphatic rings. The van der Waals surface area contributed by atoms with E-state index in [4.69, 9.17) is 18.9 Å². The Morgan fingerprint density at radius 3 is 2.24 bits per heavy atom. The number of rotatable bonds is 4. The number of likely N-dealkylation sites (N-methyl/N-ethyl adjacent to an activating group) is 1. The highest BCUT2D eigenvalue weighted by Gasteiger charge is 2.50. The Morgan fingerprint density at radius 1 is 0.949 bits per heavy atom. The SMILES string of the molecule is CO[C@@H]1/C=C/O[C@@]2(C)Oc3c(C)c(O)c4c(O)c(c(/C=N\N5CCN(C)CC5)c(O)c4c3C2=O)NC(=O)/C(C)=C\C=C\[C@H](C)[C@H](O)[C@H](C)[C@H](O)[C@H](C)[C@H](OC(C)=O)[C@@H]1C. The Bertz CT molecular complexity index is 2070. The average Bonchev–Trinajstić information content (AvgIpc) is 3.46. The number of benzene rings is 2. The standard InChI is InChI=1S/C43H58N4O12/c1-21-12-11-13-22(2)42(55)45-33-28(20-44-47-17-15-46(9)16-18-47)37(52)30-31(38(33)53)36(51)26(6)40-32(30)41(54)43(8,59-40)57-19-14-29(56-10)23(3)39(58-27(7)48)25(5)35(50)24(4)34(21)49/h11-14,19-21,23-25,29,34-35,39,49-53H,15-18H2,1-10H3,(H,45,55)/b12-11+,19-14+,22-13-,44-20-/t21-,23+,24-,25-,29+,34-,35-,39+,43-/m0/s1. The quantitative estimate of drug-likeness (QED) is 0.109. The van der Waals surface area contributed by atoms with Crippen LogP contribution in [0.5, 0.6) is 23.0 Å². The number of ketones is 1. The molecule has 4 heterocycles. The topological polar surface area (TPSA) is 220 Å². The number of carbonyl (C=O) groups excluding carboxylic acids is 3. The summed E-state index contributed by atoms with van der Waals surface area (Å²) in [7, 11) is 3.42. The lowest BCUT2D eigenvalue weighted by molar-refractivity contribution is -0.160. The molecule has 4 aliphatic heterocycles. The minimum atomic E-state index is -2.04. The average molecular weight is 823 g/mol. The van der Waals surface area contributed by atoms with E-state index in [2.05, 4.69) is 15.3 Å². The number of allylic oxidation sites excluding steroid dienone is 2. The first-order valence-electron chi connectivity index (χ1n) is 19.8. The number of hydrogen-bond acceptors (Lipinski definition) is 15. The fourth-order valence-electron chi connectivity index (χ4n) is 7.92. The van der Waals surface area contributed by atoms with E-state index in [9.17, 15) is 39.9 Å². The maximum Gasteiger partial charge on any atom is 0.312 e. The number of aromatic hydroxyl groups is 3. The van der Waals surface area contributed by atoms with Crippen molar-refractivity contribution in [3.05, 3.63) is 52.8 Å². The van der Waals surface area contributed by atoms with Gasteiger partial charge in [-0.3, -0.25) is 19.4 Å². The van der Waals surface area contributed by atoms with E-state index in [0.29, 0.717) is 13.1 Å². The van der Waals surface area contributed by atoms with Gasteiger partial charge >= 0.3 is 11.8 Å². The van der Waals surface area contributed by atoms with Gasteiger partial charge in [0.05, 0.1) is 53.0 Å². The van der Waals surface area contributed by atoms with Crippen LogP contribution in [0.4, 0.5) is 5.69 Å². The van der Waals surface area contributed by atoms with Gasteiger partial charge in [0.1, 0.15) is 23.4 Å². The predicted molar refractivity (Wildman–Crippen MR) is 220 cm³/mol. The zero-order chi connectivity index (χ0) is 43.7. The lowest BCUT2D eigenvalue weighted by Gasteiger charge is -2.38. The molecule has 2 aromatic rings. The number of phenolic OH excluding ortho intramolecular Hbond substituents is 3. The summed E-state index contributed by atoms with van der Waals surface area (Å²) in [5, 5.41) is 66.8. The summed E-state index contributed by atoms with van der Waals surface area (Å²) in [6.07, 6.45) is 4.86. The number of esters is 1. The van der Waals surface area contributed by atoms with Gasteiger partial charge in [-0.2, -0.15) is 5.10 Å². The predicted octanol–water partition coefficient (Wildman–Crippen LogP) is 4.34. The second-order valence-electron chi connectivity index (χ2n) is 16.1. The number of amides is 1. The van der Waals surface area contributed by atoms with Crippen LogP contribution in [0, 0.1) is 30.6 Å². The van der Waals surface area contributed by atoms with Crippen molar-refractivity contribution in [3.63, 3.8) is 0 Å². The van der Waals surface area contributed by atoms with Gasteiger partial charge in [0.25, 0.3) is 11.7 Å². The second kappa shape index (κ2) is 18.0. The molecule has 0 spiro atoms. The Labute approximate surface area is 344 Å². The van der Waals surface area contributed by atoms with Crippen LogP contribution in [0.25, 0.3) is 10.8 Å². The zero-order valence-electron chi connectivity index (χ0n) is 35.3. The number of nitrogens with one attached hydrogen (secondary N) is 1. The summed E-state index contributed by atoms with van der Waals surface area (Å²) < 4.78 is 23.6. The Balaban J connectivity index is 1.70. The number of aliphatic hydroxyl groups is 2. The molecule has 0 saturated carbocycles. The van der Waals surface area contributed by atoms with Crippen molar-refractivity contribution >= 4 is 40.3 Å². The number of methoxy groups -OCH3 is 1. The third-order valence-corrected chi connectivity index (χ3v) is 11.9. The van der Waals surface area contributed by atoms with Gasteiger partial charge in [0, 0.05) is 87.3 Å². The number of phenols is 3. The Kier molecular flexibility index (Phi) is 13.7. The lowest BCUT2D eigenvalue weighted by Crippen LogP contribution is -2.46. The normalized spacial score (nSPS) is 32.1. The lowest BCUT2D eigenvalue weighted by atomic mass is 9.78. The number of anilines is 1. The molecule has 5 bridgehead atoms. The molecule has 0 radical (unpaired) electrons. The second-order valence-corrected chi connectivity index (χ2v) is 16.1. The van der Waals surface area contributed by atoms with E-state index in [0.717, 1.165) is 13.1 Å². The van der Waals surface area contributed by atoms with Gasteiger partial charge in [-0.25, -0.2) is 0 Å². The summed E-state index contributed by atoms with van der Waals surface area (Å²) in [5.74, 6) is -8.34. The minimum absolute atomic E-state index is 0.0559. The van der Waals surface area contributed by atoms with E-state index < -0.39 is 88.8 Å². The number of fused-ring (bicyclic) bond motifs is 14. The van der Waals surface area contributed by atoms with Crippen LogP contribution >= 0.6 is 0 Å². The Hall–Kier alpha value is -5.16. The molecule has 2 aromatic carbocycles. The van der Waals surface area contributed by atoms with Gasteiger partial charge < -0.3 is 54.7 Å². The summed E-state index contributed by atoms with van der Waals surface area (Å²) >= 11 is 0. The molecule has 1 fully saturated rings. The summed E-state index contributed by atoms with van der Waals surface area (Å²) in [6, 6.07) is 0. The van der Waals surface area contributed by atoms with E-state index in [1.54, 1.807) is 44.9 Å². The molecule has 0 aromatic heterocycles. The molecule has 1 amide bonds. The number of hydrogen-bond donors (Lipinski definition) is 6. The molecule has 0 unspecified atom stereocenters. The zero-order valence-corrected chi connectivity index (χ0v) is 35.3. The van der Waals surface area contributed by atoms with Gasteiger partial charge in [-0.15, -0.1) is 0 Å². The molecule has 1 saturated heterocycles. The molecular weight excluding hydrogens is 764 g/mol. The van der Waals surface area contributed by atoms with Crippen LogP contribution in [0.2, 0.25) is 0 Å². The first-order chi connectivity index (χ1) is 27.7. The maximum atomic E-state index is 14.4. The minimum Gasteiger partial charge on any atom is -0.507 e. The van der Waals surface area contributed by atoms with Crippen LogP contribution < -0.4 is 10.1 Å². The van der Waals surface area contributed by atoms with Gasteiger partial charge in [-0.05, 0) is 27.0 Å². The van der Waals surface area contributed by atoms with Crippen molar-refractivity contribution in [2.24, 2.45) is 28.8 Å². The molecule has 6 rings (SSSR count). The summed E-state index contributed by atoms with van der Waals surface area (Å²) in [6.45, 7) is 15.1.